The average molecular weight is 459 g/mol. The number of carbonyl (C=O) groups is 4. The van der Waals surface area contributed by atoms with Gasteiger partial charge in [-0.1, -0.05) is 23.3 Å². The van der Waals surface area contributed by atoms with Gasteiger partial charge in [0.05, 0.1) is 35.8 Å². The van der Waals surface area contributed by atoms with Crippen molar-refractivity contribution in [2.75, 3.05) is 21.2 Å². The highest BCUT2D eigenvalue weighted by molar-refractivity contribution is 6.32. The van der Waals surface area contributed by atoms with Crippen molar-refractivity contribution in [2.24, 2.45) is 29.6 Å². The van der Waals surface area contributed by atoms with Gasteiger partial charge in [0, 0.05) is 20.0 Å². The molecule has 6 unspecified atom stereocenters. The molecule has 1 N–H and O–H groups in total. The Bertz CT molecular complexity index is 1110. The summed E-state index contributed by atoms with van der Waals surface area (Å²) in [5.41, 5.74) is 1.51. The number of benzene rings is 1. The molecule has 0 bridgehead atoms. The molecule has 9 heteroatoms. The summed E-state index contributed by atoms with van der Waals surface area (Å²) in [5.74, 6) is -4.08. The molecule has 2 aliphatic heterocycles. The number of carbonyl (C=O) groups excluding carboxylic acids is 4. The largest absolute Gasteiger partial charge is 0.503 e. The van der Waals surface area contributed by atoms with Gasteiger partial charge >= 0.3 is 0 Å². The molecule has 2 aliphatic carbocycles. The van der Waals surface area contributed by atoms with Gasteiger partial charge in [-0.25, -0.2) is 0 Å². The fourth-order valence-electron chi connectivity index (χ4n) is 6.21. The Morgan fingerprint density at radius 3 is 2.22 bits per heavy atom. The number of phenolic OH excluding ortho intramolecular Hbond substituents is 1. The number of likely N-dealkylation sites (tertiary alicyclic amines) is 2. The predicted molar refractivity (Wildman–Crippen MR) is 113 cm³/mol. The molecule has 1 saturated carbocycles. The van der Waals surface area contributed by atoms with Crippen molar-refractivity contribution >= 4 is 35.2 Å². The normalized spacial score (nSPS) is 33.8. The summed E-state index contributed by atoms with van der Waals surface area (Å²) >= 11 is 6.26. The molecule has 4 amide bonds. The van der Waals surface area contributed by atoms with Crippen LogP contribution in [0.25, 0.3) is 0 Å². The number of halogens is 1. The predicted octanol–water partition coefficient (Wildman–Crippen LogP) is 1.95. The van der Waals surface area contributed by atoms with E-state index in [0.717, 1.165) is 10.5 Å². The number of methoxy groups -OCH3 is 1. The molecular weight excluding hydrogens is 436 g/mol. The number of imide groups is 2. The minimum atomic E-state index is -0.637. The van der Waals surface area contributed by atoms with Crippen LogP contribution in [0.4, 0.5) is 0 Å². The van der Waals surface area contributed by atoms with E-state index < -0.39 is 29.6 Å². The molecule has 6 atom stereocenters. The SMILES string of the molecule is COc1cc(C2C3=CCC4C(=O)N(C)C(=O)C4C3CC3C(=O)N(C)C(=O)C32)cc(Cl)c1O. The Morgan fingerprint density at radius 1 is 0.938 bits per heavy atom. The Hall–Kier alpha value is -2.87. The summed E-state index contributed by atoms with van der Waals surface area (Å²) in [4.78, 5) is 54.1. The monoisotopic (exact) mass is 458 g/mol. The van der Waals surface area contributed by atoms with Crippen molar-refractivity contribution in [3.05, 3.63) is 34.4 Å². The second-order valence-electron chi connectivity index (χ2n) is 9.05. The van der Waals surface area contributed by atoms with Crippen molar-refractivity contribution in [1.82, 2.24) is 9.80 Å². The Balaban J connectivity index is 1.69. The summed E-state index contributed by atoms with van der Waals surface area (Å²) in [6.07, 6.45) is 2.71. The first-order valence-corrected chi connectivity index (χ1v) is 10.9. The van der Waals surface area contributed by atoms with Gasteiger partial charge in [-0.15, -0.1) is 0 Å². The standard InChI is InChI=1S/C23H23ClN2O6/c1-25-20(28)11-5-4-10-12(17(11)22(25)30)8-13-18(23(31)26(2)21(13)29)16(10)9-6-14(24)19(27)15(7-9)32-3/h4,6-7,11-13,16-18,27H,5,8H2,1-3H3. The number of amides is 4. The number of nitrogens with zero attached hydrogens (tertiary/aromatic N) is 2. The van der Waals surface area contributed by atoms with E-state index in [1.165, 1.54) is 26.1 Å². The van der Waals surface area contributed by atoms with Crippen LogP contribution < -0.4 is 4.74 Å². The van der Waals surface area contributed by atoms with Crippen LogP contribution >= 0.6 is 11.6 Å². The lowest BCUT2D eigenvalue weighted by molar-refractivity contribution is -0.140. The molecule has 1 aromatic rings. The highest BCUT2D eigenvalue weighted by Crippen LogP contribution is 2.58. The number of hydrogen-bond acceptors (Lipinski definition) is 6. The summed E-state index contributed by atoms with van der Waals surface area (Å²) in [6.45, 7) is 0. The van der Waals surface area contributed by atoms with E-state index in [1.807, 2.05) is 6.08 Å². The smallest absolute Gasteiger partial charge is 0.233 e. The fourth-order valence-corrected chi connectivity index (χ4v) is 6.43. The molecule has 2 saturated heterocycles. The van der Waals surface area contributed by atoms with Gasteiger partial charge < -0.3 is 9.84 Å². The van der Waals surface area contributed by atoms with Crippen molar-refractivity contribution in [2.45, 2.75) is 18.8 Å². The van der Waals surface area contributed by atoms with Crippen LogP contribution in [-0.4, -0.2) is 59.7 Å². The second-order valence-corrected chi connectivity index (χ2v) is 9.46. The molecule has 4 aliphatic rings. The molecule has 32 heavy (non-hydrogen) atoms. The Morgan fingerprint density at radius 2 is 1.56 bits per heavy atom. The third kappa shape index (κ3) is 2.62. The van der Waals surface area contributed by atoms with E-state index in [1.54, 1.807) is 12.1 Å². The molecule has 0 radical (unpaired) electrons. The summed E-state index contributed by atoms with van der Waals surface area (Å²) in [6, 6.07) is 3.21. The lowest BCUT2D eigenvalue weighted by Crippen LogP contribution is -2.42. The minimum absolute atomic E-state index is 0.0734. The van der Waals surface area contributed by atoms with Crippen LogP contribution in [0.15, 0.2) is 23.8 Å². The molecule has 0 aromatic heterocycles. The number of allylic oxidation sites excluding steroid dienone is 2. The molecule has 0 spiro atoms. The van der Waals surface area contributed by atoms with Gasteiger partial charge in [-0.3, -0.25) is 29.0 Å². The van der Waals surface area contributed by atoms with Crippen molar-refractivity contribution in [3.8, 4) is 11.5 Å². The van der Waals surface area contributed by atoms with E-state index in [9.17, 15) is 24.3 Å². The topological polar surface area (TPSA) is 104 Å². The van der Waals surface area contributed by atoms with E-state index in [4.69, 9.17) is 16.3 Å². The molecule has 2 heterocycles. The molecule has 8 nitrogen and oxygen atoms in total. The highest BCUT2D eigenvalue weighted by Gasteiger charge is 2.61. The van der Waals surface area contributed by atoms with E-state index in [2.05, 4.69) is 0 Å². The van der Waals surface area contributed by atoms with Gasteiger partial charge in [-0.2, -0.15) is 0 Å². The molecule has 3 fully saturated rings. The van der Waals surface area contributed by atoms with Crippen LogP contribution in [0.3, 0.4) is 0 Å². The summed E-state index contributed by atoms with van der Waals surface area (Å²) in [5, 5.41) is 10.3. The molecule has 5 rings (SSSR count). The number of hydrogen-bond donors (Lipinski definition) is 1. The number of phenols is 1. The van der Waals surface area contributed by atoms with Crippen LogP contribution in [-0.2, 0) is 19.2 Å². The van der Waals surface area contributed by atoms with Gasteiger partial charge in [0.1, 0.15) is 0 Å². The second kappa shape index (κ2) is 7.07. The highest BCUT2D eigenvalue weighted by atomic mass is 35.5. The first-order valence-electron chi connectivity index (χ1n) is 10.6. The molecular formula is C23H23ClN2O6. The minimum Gasteiger partial charge on any atom is -0.503 e. The third-order valence-electron chi connectivity index (χ3n) is 7.72. The maximum absolute atomic E-state index is 13.1. The Kier molecular flexibility index (Phi) is 4.64. The van der Waals surface area contributed by atoms with Crippen LogP contribution in [0, 0.1) is 29.6 Å². The lowest BCUT2D eigenvalue weighted by Gasteiger charge is -2.44. The van der Waals surface area contributed by atoms with Crippen LogP contribution in [0.2, 0.25) is 5.02 Å². The maximum Gasteiger partial charge on any atom is 0.233 e. The van der Waals surface area contributed by atoms with Crippen molar-refractivity contribution in [3.63, 3.8) is 0 Å². The number of ether oxygens (including phenoxy) is 1. The third-order valence-corrected chi connectivity index (χ3v) is 8.01. The number of rotatable bonds is 2. The molecule has 1 aromatic carbocycles. The molecule has 168 valence electrons. The first kappa shape index (κ1) is 21.0. The zero-order valence-electron chi connectivity index (χ0n) is 17.9. The summed E-state index contributed by atoms with van der Waals surface area (Å²) in [7, 11) is 4.38. The maximum atomic E-state index is 13.1. The number of aromatic hydroxyl groups is 1. The zero-order chi connectivity index (χ0) is 23.1. The van der Waals surface area contributed by atoms with E-state index in [-0.39, 0.29) is 46.1 Å². The Labute approximate surface area is 189 Å². The summed E-state index contributed by atoms with van der Waals surface area (Å²) < 4.78 is 5.27. The zero-order valence-corrected chi connectivity index (χ0v) is 18.6. The van der Waals surface area contributed by atoms with Crippen molar-refractivity contribution < 1.29 is 29.0 Å². The van der Waals surface area contributed by atoms with Gasteiger partial charge in [0.25, 0.3) is 0 Å². The quantitative estimate of drug-likeness (QED) is 0.536. The van der Waals surface area contributed by atoms with E-state index >= 15 is 0 Å². The van der Waals surface area contributed by atoms with Crippen LogP contribution in [0.5, 0.6) is 11.5 Å². The first-order chi connectivity index (χ1) is 15.2. The lowest BCUT2D eigenvalue weighted by atomic mass is 9.57. The average Bonchev–Trinajstić information content (AvgIpc) is 3.14. The van der Waals surface area contributed by atoms with Gasteiger partial charge in [-0.05, 0) is 36.5 Å². The number of fused-ring (bicyclic) bond motifs is 4. The fraction of sp³-hybridized carbons (Fsp3) is 0.478. The van der Waals surface area contributed by atoms with E-state index in [0.29, 0.717) is 18.4 Å². The van der Waals surface area contributed by atoms with Crippen LogP contribution in [0.1, 0.15) is 24.3 Å². The van der Waals surface area contributed by atoms with Crippen molar-refractivity contribution in [1.29, 1.82) is 0 Å². The van der Waals surface area contributed by atoms with Gasteiger partial charge in [0.2, 0.25) is 23.6 Å². The van der Waals surface area contributed by atoms with Gasteiger partial charge in [0.15, 0.2) is 11.5 Å².